The molecule has 0 amide bonds. The van der Waals surface area contributed by atoms with Crippen LogP contribution in [0.15, 0.2) is 15.7 Å². The lowest BCUT2D eigenvalue weighted by molar-refractivity contribution is 0.946. The molecule has 68 valence electrons. The van der Waals surface area contributed by atoms with Gasteiger partial charge >= 0.3 is 0 Å². The molecule has 0 radical (unpaired) electrons. The first-order valence-electron chi connectivity index (χ1n) is 3.66. The Labute approximate surface area is 79.8 Å². The predicted octanol–water partition coefficient (Wildman–Crippen LogP) is -0.265. The molecule has 2 N–H and O–H groups in total. The molecule has 4 nitrogen and oxygen atoms in total. The third-order valence-electron chi connectivity index (χ3n) is 1.28. The van der Waals surface area contributed by atoms with Gasteiger partial charge in [0, 0.05) is 18.2 Å². The zero-order valence-corrected chi connectivity index (χ0v) is 7.65. The van der Waals surface area contributed by atoms with E-state index in [1.165, 1.54) is 6.07 Å². The highest BCUT2D eigenvalue weighted by Gasteiger charge is 1.94. The van der Waals surface area contributed by atoms with E-state index in [1.54, 1.807) is 0 Å². The van der Waals surface area contributed by atoms with Gasteiger partial charge in [-0.25, -0.2) is 0 Å². The summed E-state index contributed by atoms with van der Waals surface area (Å²) < 4.78 is 0. The van der Waals surface area contributed by atoms with Crippen LogP contribution in [0.25, 0.3) is 0 Å². The number of aromatic amines is 2. The van der Waals surface area contributed by atoms with Crippen molar-refractivity contribution >= 4 is 12.6 Å². The van der Waals surface area contributed by atoms with Crippen LogP contribution in [0, 0.1) is 11.8 Å². The van der Waals surface area contributed by atoms with Gasteiger partial charge in [-0.3, -0.25) is 19.8 Å². The molecule has 0 saturated heterocycles. The van der Waals surface area contributed by atoms with Gasteiger partial charge in [0.2, 0.25) is 0 Å². The molecule has 0 bridgehead atoms. The van der Waals surface area contributed by atoms with Gasteiger partial charge < -0.3 is 0 Å². The molecule has 0 saturated carbocycles. The zero-order valence-electron chi connectivity index (χ0n) is 6.76. The van der Waals surface area contributed by atoms with E-state index >= 15 is 0 Å². The summed E-state index contributed by atoms with van der Waals surface area (Å²) in [5, 5.41) is 4.33. The predicted molar refractivity (Wildman–Crippen MR) is 53.0 cm³/mol. The normalized spacial score (nSPS) is 9.00. The number of rotatable bonds is 1. The Bertz CT molecular complexity index is 449. The molecule has 0 aliphatic heterocycles. The summed E-state index contributed by atoms with van der Waals surface area (Å²) >= 11 is 3.96. The summed E-state index contributed by atoms with van der Waals surface area (Å²) in [5.41, 5.74) is -0.563. The van der Waals surface area contributed by atoms with Crippen molar-refractivity contribution in [3.05, 3.63) is 32.3 Å². The molecule has 5 heteroatoms. The fourth-order valence-electron chi connectivity index (χ4n) is 0.725. The maximum absolute atomic E-state index is 11.0. The largest absolute Gasteiger partial charge is 0.278 e. The quantitative estimate of drug-likeness (QED) is 0.428. The fraction of sp³-hybridized carbons (Fsp3) is 0.250. The molecule has 13 heavy (non-hydrogen) atoms. The minimum absolute atomic E-state index is 0.186. The van der Waals surface area contributed by atoms with Gasteiger partial charge in [-0.15, -0.1) is 0 Å². The Morgan fingerprint density at radius 1 is 1.38 bits per heavy atom. The summed E-state index contributed by atoms with van der Waals surface area (Å²) in [6.07, 6.45) is 0.593. The van der Waals surface area contributed by atoms with Crippen molar-refractivity contribution in [2.24, 2.45) is 0 Å². The van der Waals surface area contributed by atoms with Crippen LogP contribution in [0.3, 0.4) is 0 Å². The molecule has 0 fully saturated rings. The molecule has 0 unspecified atom stereocenters. The van der Waals surface area contributed by atoms with E-state index in [0.717, 1.165) is 0 Å². The van der Waals surface area contributed by atoms with Crippen molar-refractivity contribution in [1.29, 1.82) is 0 Å². The molecule has 1 rings (SSSR count). The van der Waals surface area contributed by atoms with Crippen molar-refractivity contribution in [1.82, 2.24) is 10.2 Å². The summed E-state index contributed by atoms with van der Waals surface area (Å²) in [6, 6.07) is 1.17. The number of H-pyrrole nitrogens is 2. The van der Waals surface area contributed by atoms with Crippen molar-refractivity contribution < 1.29 is 0 Å². The summed E-state index contributed by atoms with van der Waals surface area (Å²) in [7, 11) is 0. The highest BCUT2D eigenvalue weighted by Crippen LogP contribution is 1.82. The highest BCUT2D eigenvalue weighted by molar-refractivity contribution is 7.80. The van der Waals surface area contributed by atoms with Crippen LogP contribution in [-0.4, -0.2) is 16.0 Å². The Hall–Kier alpha value is -1.41. The smallest absolute Gasteiger partial charge is 0.268 e. The van der Waals surface area contributed by atoms with Crippen molar-refractivity contribution in [2.45, 2.75) is 6.42 Å². The Balaban J connectivity index is 3.03. The number of nitrogens with one attached hydrogen (secondary N) is 2. The van der Waals surface area contributed by atoms with Crippen LogP contribution in [0.4, 0.5) is 0 Å². The first-order valence-corrected chi connectivity index (χ1v) is 4.29. The van der Waals surface area contributed by atoms with Crippen LogP contribution < -0.4 is 11.1 Å². The molecular weight excluding hydrogens is 188 g/mol. The number of thiol groups is 1. The van der Waals surface area contributed by atoms with E-state index in [-0.39, 0.29) is 16.7 Å². The molecule has 1 aromatic rings. The maximum Gasteiger partial charge on any atom is 0.278 e. The third-order valence-corrected chi connectivity index (χ3v) is 1.50. The Morgan fingerprint density at radius 2 is 2.15 bits per heavy atom. The minimum Gasteiger partial charge on any atom is -0.268 e. The molecule has 0 aliphatic carbocycles. The van der Waals surface area contributed by atoms with Gasteiger partial charge in [-0.2, -0.15) is 12.6 Å². The average Bonchev–Trinajstić information content (AvgIpc) is 2.11. The van der Waals surface area contributed by atoms with Gasteiger partial charge in [-0.05, 0) is 0 Å². The lowest BCUT2D eigenvalue weighted by atomic mass is 10.3. The second-order valence-electron chi connectivity index (χ2n) is 2.28. The highest BCUT2D eigenvalue weighted by atomic mass is 32.1. The lowest BCUT2D eigenvalue weighted by Gasteiger charge is -1.86. The summed E-state index contributed by atoms with van der Waals surface area (Å²) in [4.78, 5) is 21.8. The molecule has 0 aliphatic rings. The molecule has 0 atom stereocenters. The molecule has 1 heterocycles. The van der Waals surface area contributed by atoms with Crippen LogP contribution in [0.2, 0.25) is 0 Å². The zero-order chi connectivity index (χ0) is 9.68. The number of aromatic nitrogens is 2. The lowest BCUT2D eigenvalue weighted by Crippen LogP contribution is -2.20. The minimum atomic E-state index is -0.383. The van der Waals surface area contributed by atoms with E-state index < -0.39 is 0 Å². The maximum atomic E-state index is 11.0. The van der Waals surface area contributed by atoms with E-state index in [4.69, 9.17) is 0 Å². The van der Waals surface area contributed by atoms with E-state index in [1.807, 2.05) is 0 Å². The van der Waals surface area contributed by atoms with Crippen LogP contribution >= 0.6 is 12.6 Å². The van der Waals surface area contributed by atoms with Crippen molar-refractivity contribution in [3.8, 4) is 11.8 Å². The first-order chi connectivity index (χ1) is 6.24. The molecule has 0 spiro atoms. The van der Waals surface area contributed by atoms with Crippen LogP contribution in [-0.2, 0) is 0 Å². The van der Waals surface area contributed by atoms with E-state index in [2.05, 4.69) is 34.7 Å². The van der Waals surface area contributed by atoms with Gasteiger partial charge in [0.25, 0.3) is 11.1 Å². The van der Waals surface area contributed by atoms with Gasteiger partial charge in [0.1, 0.15) is 0 Å². The second-order valence-corrected chi connectivity index (χ2v) is 2.72. The molecule has 1 aromatic heterocycles. The van der Waals surface area contributed by atoms with Crippen LogP contribution in [0.1, 0.15) is 12.0 Å². The van der Waals surface area contributed by atoms with E-state index in [0.29, 0.717) is 12.2 Å². The average molecular weight is 196 g/mol. The van der Waals surface area contributed by atoms with Gasteiger partial charge in [0.05, 0.1) is 5.56 Å². The Kier molecular flexibility index (Phi) is 3.41. The van der Waals surface area contributed by atoms with Gasteiger partial charge in [-0.1, -0.05) is 11.8 Å². The fourth-order valence-corrected chi connectivity index (χ4v) is 0.837. The molecule has 0 aromatic carbocycles. The van der Waals surface area contributed by atoms with Crippen molar-refractivity contribution in [2.75, 3.05) is 5.75 Å². The number of hydrogen-bond donors (Lipinski definition) is 3. The second kappa shape index (κ2) is 4.58. The van der Waals surface area contributed by atoms with E-state index in [9.17, 15) is 9.59 Å². The standard InChI is InChI=1S/C8H8N2O2S/c11-7-5-6(3-1-2-4-13)8(12)10-9-7/h5,13H,2,4H2,(H,9,11)(H,10,12). The van der Waals surface area contributed by atoms with Gasteiger partial charge in [0.15, 0.2) is 0 Å². The Morgan fingerprint density at radius 3 is 2.85 bits per heavy atom. The first kappa shape index (κ1) is 9.68. The third kappa shape index (κ3) is 2.84. The topological polar surface area (TPSA) is 65.7 Å². The monoisotopic (exact) mass is 196 g/mol. The summed E-state index contributed by atoms with van der Waals surface area (Å²) in [5.74, 6) is 5.95. The van der Waals surface area contributed by atoms with Crippen LogP contribution in [0.5, 0.6) is 0 Å². The SMILES string of the molecule is O=c1cc(C#CCCS)c(=O)[nH][nH]1. The summed E-state index contributed by atoms with van der Waals surface area (Å²) in [6.45, 7) is 0. The molecular formula is C8H8N2O2S. The van der Waals surface area contributed by atoms with Crippen molar-refractivity contribution in [3.63, 3.8) is 0 Å². The number of hydrogen-bond acceptors (Lipinski definition) is 3.